The normalized spacial score (nSPS) is 27.5. The first-order valence-electron chi connectivity index (χ1n) is 5.99. The van der Waals surface area contributed by atoms with E-state index in [0.29, 0.717) is 11.8 Å². The highest BCUT2D eigenvalue weighted by molar-refractivity contribution is 5.49. The Morgan fingerprint density at radius 1 is 1.18 bits per heavy atom. The third kappa shape index (κ3) is 2.00. The lowest BCUT2D eigenvalue weighted by Gasteiger charge is -2.40. The van der Waals surface area contributed by atoms with E-state index >= 15 is 0 Å². The number of benzene rings is 1. The molecule has 2 rings (SSSR count). The van der Waals surface area contributed by atoms with Crippen molar-refractivity contribution < 1.29 is 14.6 Å². The molecule has 17 heavy (non-hydrogen) atoms. The van der Waals surface area contributed by atoms with Gasteiger partial charge in [-0.05, 0) is 48.4 Å². The molecule has 0 radical (unpaired) electrons. The summed E-state index contributed by atoms with van der Waals surface area (Å²) in [4.78, 5) is 0. The molecule has 0 spiro atoms. The molecule has 0 heterocycles. The van der Waals surface area contributed by atoms with Gasteiger partial charge in [-0.2, -0.15) is 0 Å². The zero-order valence-electron chi connectivity index (χ0n) is 10.9. The predicted molar refractivity (Wildman–Crippen MR) is 66.8 cm³/mol. The van der Waals surface area contributed by atoms with Gasteiger partial charge in [0.1, 0.15) is 0 Å². The van der Waals surface area contributed by atoms with E-state index < -0.39 is 0 Å². The van der Waals surface area contributed by atoms with E-state index in [1.807, 2.05) is 12.1 Å². The largest absolute Gasteiger partial charge is 0.493 e. The quantitative estimate of drug-likeness (QED) is 0.876. The van der Waals surface area contributed by atoms with E-state index in [1.54, 1.807) is 14.2 Å². The van der Waals surface area contributed by atoms with Crippen LogP contribution in [0, 0.1) is 12.8 Å². The number of methoxy groups -OCH3 is 2. The number of hydrogen-bond acceptors (Lipinski definition) is 3. The van der Waals surface area contributed by atoms with E-state index in [2.05, 4.69) is 13.8 Å². The second kappa shape index (κ2) is 4.57. The zero-order chi connectivity index (χ0) is 12.6. The number of hydrogen-bond donors (Lipinski definition) is 1. The first-order chi connectivity index (χ1) is 8.08. The van der Waals surface area contributed by atoms with Crippen molar-refractivity contribution in [1.29, 1.82) is 0 Å². The van der Waals surface area contributed by atoms with Crippen LogP contribution in [-0.2, 0) is 0 Å². The minimum atomic E-state index is -0.160. The molecule has 1 aliphatic rings. The molecule has 3 unspecified atom stereocenters. The molecule has 1 saturated carbocycles. The molecule has 0 bridgehead atoms. The van der Waals surface area contributed by atoms with Gasteiger partial charge in [-0.3, -0.25) is 0 Å². The van der Waals surface area contributed by atoms with E-state index in [4.69, 9.17) is 9.47 Å². The Labute approximate surface area is 102 Å². The number of ether oxygens (including phenoxy) is 2. The summed E-state index contributed by atoms with van der Waals surface area (Å²) in [5, 5.41) is 9.61. The fraction of sp³-hybridized carbons (Fsp3) is 0.571. The highest BCUT2D eigenvalue weighted by atomic mass is 16.5. The molecule has 0 saturated heterocycles. The van der Waals surface area contributed by atoms with E-state index in [-0.39, 0.29) is 6.10 Å². The van der Waals surface area contributed by atoms with Gasteiger partial charge in [0.25, 0.3) is 0 Å². The molecule has 0 aliphatic heterocycles. The first-order valence-corrected chi connectivity index (χ1v) is 5.99. The lowest BCUT2D eigenvalue weighted by atomic mass is 9.68. The second-order valence-corrected chi connectivity index (χ2v) is 4.83. The average molecular weight is 236 g/mol. The Bertz CT molecular complexity index is 414. The van der Waals surface area contributed by atoms with Crippen LogP contribution in [0.3, 0.4) is 0 Å². The Hall–Kier alpha value is -1.22. The molecule has 0 amide bonds. The van der Waals surface area contributed by atoms with Crippen molar-refractivity contribution in [1.82, 2.24) is 0 Å². The van der Waals surface area contributed by atoms with Crippen molar-refractivity contribution in [2.75, 3.05) is 14.2 Å². The van der Waals surface area contributed by atoms with Crippen molar-refractivity contribution in [3.63, 3.8) is 0 Å². The van der Waals surface area contributed by atoms with E-state index in [9.17, 15) is 5.11 Å². The maximum Gasteiger partial charge on any atom is 0.161 e. The fourth-order valence-electron chi connectivity index (χ4n) is 2.57. The van der Waals surface area contributed by atoms with Gasteiger partial charge in [-0.15, -0.1) is 0 Å². The van der Waals surface area contributed by atoms with E-state index in [0.717, 1.165) is 17.9 Å². The van der Waals surface area contributed by atoms with Gasteiger partial charge in [0.15, 0.2) is 11.5 Å². The highest BCUT2D eigenvalue weighted by Gasteiger charge is 2.38. The van der Waals surface area contributed by atoms with Crippen LogP contribution in [0.15, 0.2) is 12.1 Å². The third-order valence-corrected chi connectivity index (χ3v) is 3.91. The lowest BCUT2D eigenvalue weighted by molar-refractivity contribution is 0.0114. The van der Waals surface area contributed by atoms with Crippen molar-refractivity contribution in [3.8, 4) is 11.5 Å². The molecule has 1 aromatic rings. The minimum absolute atomic E-state index is 0.160. The molecular formula is C14H20O3. The highest BCUT2D eigenvalue weighted by Crippen LogP contribution is 2.45. The zero-order valence-corrected chi connectivity index (χ0v) is 10.9. The van der Waals surface area contributed by atoms with Gasteiger partial charge >= 0.3 is 0 Å². The van der Waals surface area contributed by atoms with Crippen LogP contribution in [0.5, 0.6) is 11.5 Å². The number of aryl methyl sites for hydroxylation is 1. The SMILES string of the molecule is COc1cc(C)c(C2CC(O)C2C)cc1OC. The summed E-state index contributed by atoms with van der Waals surface area (Å²) >= 11 is 0. The van der Waals surface area contributed by atoms with Crippen molar-refractivity contribution in [3.05, 3.63) is 23.3 Å². The van der Waals surface area contributed by atoms with Crippen LogP contribution < -0.4 is 9.47 Å². The molecule has 0 aromatic heterocycles. The first kappa shape index (κ1) is 12.2. The van der Waals surface area contributed by atoms with Crippen LogP contribution in [0.4, 0.5) is 0 Å². The van der Waals surface area contributed by atoms with Gasteiger partial charge in [0.2, 0.25) is 0 Å². The summed E-state index contributed by atoms with van der Waals surface area (Å²) < 4.78 is 10.6. The Morgan fingerprint density at radius 2 is 1.76 bits per heavy atom. The number of rotatable bonds is 3. The maximum atomic E-state index is 9.61. The van der Waals surface area contributed by atoms with Gasteiger partial charge in [0, 0.05) is 0 Å². The van der Waals surface area contributed by atoms with Crippen LogP contribution >= 0.6 is 0 Å². The van der Waals surface area contributed by atoms with Gasteiger partial charge < -0.3 is 14.6 Å². The average Bonchev–Trinajstić information content (AvgIpc) is 2.35. The van der Waals surface area contributed by atoms with Crippen molar-refractivity contribution in [2.45, 2.75) is 32.3 Å². The van der Waals surface area contributed by atoms with Crippen molar-refractivity contribution in [2.24, 2.45) is 5.92 Å². The fourth-order valence-corrected chi connectivity index (χ4v) is 2.57. The third-order valence-electron chi connectivity index (χ3n) is 3.91. The summed E-state index contributed by atoms with van der Waals surface area (Å²) in [6, 6.07) is 4.05. The summed E-state index contributed by atoms with van der Waals surface area (Å²) in [7, 11) is 3.29. The summed E-state index contributed by atoms with van der Waals surface area (Å²) in [6.45, 7) is 4.17. The molecule has 1 aromatic carbocycles. The Kier molecular flexibility index (Phi) is 3.29. The molecule has 94 valence electrons. The van der Waals surface area contributed by atoms with Gasteiger partial charge in [-0.25, -0.2) is 0 Å². The second-order valence-electron chi connectivity index (χ2n) is 4.83. The maximum absolute atomic E-state index is 9.61. The molecule has 1 aliphatic carbocycles. The molecule has 1 N–H and O–H groups in total. The summed E-state index contributed by atoms with van der Waals surface area (Å²) in [5.74, 6) is 2.29. The van der Waals surface area contributed by atoms with Gasteiger partial charge in [-0.1, -0.05) is 6.92 Å². The number of aliphatic hydroxyl groups is 1. The Morgan fingerprint density at radius 3 is 2.24 bits per heavy atom. The molecule has 3 nitrogen and oxygen atoms in total. The van der Waals surface area contributed by atoms with Crippen LogP contribution in [-0.4, -0.2) is 25.4 Å². The standard InChI is InChI=1S/C14H20O3/c1-8-5-13(16-3)14(17-4)7-10(8)11-6-12(15)9(11)2/h5,7,9,11-12,15H,6H2,1-4H3. The van der Waals surface area contributed by atoms with Crippen LogP contribution in [0.1, 0.15) is 30.4 Å². The smallest absolute Gasteiger partial charge is 0.161 e. The number of aliphatic hydroxyl groups excluding tert-OH is 1. The molecular weight excluding hydrogens is 216 g/mol. The van der Waals surface area contributed by atoms with Crippen LogP contribution in [0.25, 0.3) is 0 Å². The summed E-state index contributed by atoms with van der Waals surface area (Å²) in [6.07, 6.45) is 0.685. The van der Waals surface area contributed by atoms with Gasteiger partial charge in [0.05, 0.1) is 20.3 Å². The molecule has 3 atom stereocenters. The van der Waals surface area contributed by atoms with E-state index in [1.165, 1.54) is 11.1 Å². The van der Waals surface area contributed by atoms with Crippen molar-refractivity contribution >= 4 is 0 Å². The summed E-state index contributed by atoms with van der Waals surface area (Å²) in [5.41, 5.74) is 2.46. The Balaban J connectivity index is 2.35. The monoisotopic (exact) mass is 236 g/mol. The predicted octanol–water partition coefficient (Wildman–Crippen LogP) is 2.50. The molecule has 3 heteroatoms. The van der Waals surface area contributed by atoms with Crippen LogP contribution in [0.2, 0.25) is 0 Å². The minimum Gasteiger partial charge on any atom is -0.493 e. The molecule has 1 fully saturated rings. The topological polar surface area (TPSA) is 38.7 Å². The lowest BCUT2D eigenvalue weighted by Crippen LogP contribution is -2.37.